The van der Waals surface area contributed by atoms with Gasteiger partial charge in [0.25, 0.3) is 5.91 Å². The van der Waals surface area contributed by atoms with Crippen LogP contribution < -0.4 is 5.32 Å². The maximum absolute atomic E-state index is 13.6. The Bertz CT molecular complexity index is 823. The highest BCUT2D eigenvalue weighted by atomic mass is 32.2. The molecule has 2 aromatic rings. The Labute approximate surface area is 148 Å². The lowest BCUT2D eigenvalue weighted by molar-refractivity contribution is 0.102. The summed E-state index contributed by atoms with van der Waals surface area (Å²) in [5.74, 6) is -0.911. The molecular weight excluding hydrogens is 341 g/mol. The Balaban J connectivity index is 2.07. The quantitative estimate of drug-likeness (QED) is 0.424. The van der Waals surface area contributed by atoms with E-state index in [-0.39, 0.29) is 16.7 Å². The number of nitrogens with one attached hydrogen (secondary N) is 3. The highest BCUT2D eigenvalue weighted by molar-refractivity contribution is 8.13. The van der Waals surface area contributed by atoms with E-state index in [1.807, 2.05) is 0 Å². The molecule has 3 N–H and O–H groups in total. The zero-order valence-electron chi connectivity index (χ0n) is 13.2. The third-order valence-electron chi connectivity index (χ3n) is 3.03. The summed E-state index contributed by atoms with van der Waals surface area (Å²) < 4.78 is 18.8. The summed E-state index contributed by atoms with van der Waals surface area (Å²) in [5.41, 5.74) is 0.710. The van der Waals surface area contributed by atoms with Gasteiger partial charge in [0.15, 0.2) is 0 Å². The van der Waals surface area contributed by atoms with Crippen molar-refractivity contribution in [2.45, 2.75) is 0 Å². The number of anilines is 1. The Morgan fingerprint density at radius 2 is 2.00 bits per heavy atom. The van der Waals surface area contributed by atoms with Crippen LogP contribution in [-0.2, 0) is 4.74 Å². The third-order valence-corrected chi connectivity index (χ3v) is 3.78. The van der Waals surface area contributed by atoms with Gasteiger partial charge in [0.2, 0.25) is 11.1 Å². The predicted molar refractivity (Wildman–Crippen MR) is 99.1 cm³/mol. The van der Waals surface area contributed by atoms with Gasteiger partial charge in [-0.25, -0.2) is 4.39 Å². The van der Waals surface area contributed by atoms with Crippen molar-refractivity contribution in [1.29, 1.82) is 10.8 Å². The van der Waals surface area contributed by atoms with E-state index in [4.69, 9.17) is 15.6 Å². The number of carbonyl (C=O) groups is 1. The molecule has 2 rings (SSSR count). The van der Waals surface area contributed by atoms with Gasteiger partial charge in [-0.05, 0) is 30.3 Å². The smallest absolute Gasteiger partial charge is 0.258 e. The number of carbonyl (C=O) groups excluding carboxylic acids is 1. The van der Waals surface area contributed by atoms with E-state index in [0.717, 1.165) is 11.8 Å². The van der Waals surface area contributed by atoms with Crippen molar-refractivity contribution in [2.24, 2.45) is 0 Å². The first-order valence-corrected chi connectivity index (χ1v) is 8.24. The summed E-state index contributed by atoms with van der Waals surface area (Å²) in [4.78, 5) is 12.1. The minimum atomic E-state index is -0.611. The normalized spacial score (nSPS) is 9.96. The number of hydrogen-bond donors (Lipinski definition) is 3. The number of ether oxygens (including phenoxy) is 1. The Hall–Kier alpha value is -2.93. The minimum absolute atomic E-state index is 0.0677. The molecule has 1 amide bonds. The molecular formula is C18H16FN3O2S. The standard InChI is InChI=1S/C18H16FN3O2S/c1-2-10-25-18(21)24-16(20)12-6-5-7-13(11-12)22-17(23)14-8-3-4-9-15(14)19/h2-9,11,20-21H,1,10H2,(H,22,23). The predicted octanol–water partition coefficient (Wildman–Crippen LogP) is 4.27. The Morgan fingerprint density at radius 1 is 1.24 bits per heavy atom. The van der Waals surface area contributed by atoms with Crippen LogP contribution in [0.1, 0.15) is 15.9 Å². The van der Waals surface area contributed by atoms with Crippen LogP contribution >= 0.6 is 11.8 Å². The highest BCUT2D eigenvalue weighted by Gasteiger charge is 2.12. The van der Waals surface area contributed by atoms with E-state index in [1.165, 1.54) is 24.3 Å². The SMILES string of the molecule is C=CCSC(=N)OC(=N)c1cccc(NC(=O)c2ccccc2F)c1. The fraction of sp³-hybridized carbons (Fsp3) is 0.0556. The maximum Gasteiger partial charge on any atom is 0.258 e. The summed E-state index contributed by atoms with van der Waals surface area (Å²) in [5, 5.41) is 18.0. The van der Waals surface area contributed by atoms with Crippen molar-refractivity contribution in [3.63, 3.8) is 0 Å². The zero-order chi connectivity index (χ0) is 18.2. The lowest BCUT2D eigenvalue weighted by Gasteiger charge is -2.10. The Kier molecular flexibility index (Phi) is 6.47. The highest BCUT2D eigenvalue weighted by Crippen LogP contribution is 2.15. The molecule has 0 aromatic heterocycles. The molecule has 5 nitrogen and oxygen atoms in total. The summed E-state index contributed by atoms with van der Waals surface area (Å²) >= 11 is 1.10. The van der Waals surface area contributed by atoms with Crippen molar-refractivity contribution >= 4 is 34.5 Å². The summed E-state index contributed by atoms with van der Waals surface area (Å²) in [6, 6.07) is 12.1. The molecule has 25 heavy (non-hydrogen) atoms. The molecule has 2 aromatic carbocycles. The van der Waals surface area contributed by atoms with E-state index in [2.05, 4.69) is 11.9 Å². The van der Waals surface area contributed by atoms with Gasteiger partial charge in [0, 0.05) is 17.0 Å². The van der Waals surface area contributed by atoms with E-state index < -0.39 is 11.7 Å². The lowest BCUT2D eigenvalue weighted by Crippen LogP contribution is -2.14. The van der Waals surface area contributed by atoms with Crippen molar-refractivity contribution in [3.8, 4) is 0 Å². The van der Waals surface area contributed by atoms with E-state index in [9.17, 15) is 9.18 Å². The van der Waals surface area contributed by atoms with Crippen LogP contribution in [-0.4, -0.2) is 22.8 Å². The van der Waals surface area contributed by atoms with Gasteiger partial charge < -0.3 is 10.1 Å². The number of amides is 1. The first-order valence-electron chi connectivity index (χ1n) is 7.26. The molecule has 7 heteroatoms. The first-order chi connectivity index (χ1) is 12.0. The van der Waals surface area contributed by atoms with Gasteiger partial charge in [-0.15, -0.1) is 6.58 Å². The second kappa shape index (κ2) is 8.79. The number of halogens is 1. The van der Waals surface area contributed by atoms with Gasteiger partial charge in [0.05, 0.1) is 5.56 Å². The third kappa shape index (κ3) is 5.29. The van der Waals surface area contributed by atoms with Crippen LogP contribution in [0, 0.1) is 16.6 Å². The number of benzene rings is 2. The molecule has 0 fully saturated rings. The minimum Gasteiger partial charge on any atom is -0.415 e. The molecule has 128 valence electrons. The molecule has 0 saturated heterocycles. The molecule has 0 aliphatic carbocycles. The fourth-order valence-electron chi connectivity index (χ4n) is 1.90. The van der Waals surface area contributed by atoms with E-state index in [0.29, 0.717) is 17.0 Å². The van der Waals surface area contributed by atoms with Crippen LogP contribution in [0.5, 0.6) is 0 Å². The van der Waals surface area contributed by atoms with Crippen molar-refractivity contribution in [3.05, 3.63) is 78.1 Å². The second-order valence-corrected chi connectivity index (χ2v) is 5.83. The van der Waals surface area contributed by atoms with Gasteiger partial charge >= 0.3 is 0 Å². The van der Waals surface area contributed by atoms with Crippen LogP contribution in [0.25, 0.3) is 0 Å². The molecule has 0 atom stereocenters. The first kappa shape index (κ1) is 18.4. The average Bonchev–Trinajstić information content (AvgIpc) is 2.60. The molecule has 0 saturated carbocycles. The Morgan fingerprint density at radius 3 is 2.72 bits per heavy atom. The van der Waals surface area contributed by atoms with Gasteiger partial charge in [-0.2, -0.15) is 0 Å². The zero-order valence-corrected chi connectivity index (χ0v) is 14.0. The van der Waals surface area contributed by atoms with E-state index in [1.54, 1.807) is 30.3 Å². The van der Waals surface area contributed by atoms with E-state index >= 15 is 0 Å². The molecule has 0 aliphatic heterocycles. The molecule has 0 unspecified atom stereocenters. The van der Waals surface area contributed by atoms with Gasteiger partial charge in [-0.3, -0.25) is 15.6 Å². The maximum atomic E-state index is 13.6. The van der Waals surface area contributed by atoms with Crippen molar-refractivity contribution in [1.82, 2.24) is 0 Å². The fourth-order valence-corrected chi connectivity index (χ4v) is 2.31. The molecule has 0 aliphatic rings. The molecule has 0 heterocycles. The van der Waals surface area contributed by atoms with Gasteiger partial charge in [0.1, 0.15) is 5.82 Å². The van der Waals surface area contributed by atoms with Crippen molar-refractivity contribution < 1.29 is 13.9 Å². The van der Waals surface area contributed by atoms with Crippen LogP contribution in [0.15, 0.2) is 61.2 Å². The number of rotatable bonds is 5. The molecule has 0 radical (unpaired) electrons. The number of hydrogen-bond acceptors (Lipinski definition) is 5. The topological polar surface area (TPSA) is 86.0 Å². The molecule has 0 bridgehead atoms. The summed E-state index contributed by atoms with van der Waals surface area (Å²) in [6.45, 7) is 3.55. The van der Waals surface area contributed by atoms with Crippen molar-refractivity contribution in [2.75, 3.05) is 11.1 Å². The van der Waals surface area contributed by atoms with Crippen LogP contribution in [0.2, 0.25) is 0 Å². The largest absolute Gasteiger partial charge is 0.415 e. The number of thioether (sulfide) groups is 1. The lowest BCUT2D eigenvalue weighted by atomic mass is 10.1. The van der Waals surface area contributed by atoms with Crippen LogP contribution in [0.4, 0.5) is 10.1 Å². The summed E-state index contributed by atoms with van der Waals surface area (Å²) in [7, 11) is 0. The van der Waals surface area contributed by atoms with Crippen LogP contribution in [0.3, 0.4) is 0 Å². The monoisotopic (exact) mass is 357 g/mol. The summed E-state index contributed by atoms with van der Waals surface area (Å²) in [6.07, 6.45) is 1.63. The average molecular weight is 357 g/mol. The van der Waals surface area contributed by atoms with Gasteiger partial charge in [-0.1, -0.05) is 36.0 Å². The second-order valence-electron chi connectivity index (χ2n) is 4.83. The molecule has 0 spiro atoms.